The van der Waals surface area contributed by atoms with Crippen molar-refractivity contribution < 1.29 is 15.0 Å². The van der Waals surface area contributed by atoms with Gasteiger partial charge in [-0.1, -0.05) is 60.7 Å². The van der Waals surface area contributed by atoms with Crippen molar-refractivity contribution in [2.75, 3.05) is 7.05 Å². The molecule has 0 saturated carbocycles. The highest BCUT2D eigenvalue weighted by Crippen LogP contribution is 2.36. The molecule has 2 bridgehead atoms. The highest BCUT2D eigenvalue weighted by atomic mass is 35.5. The second kappa shape index (κ2) is 9.87. The molecule has 1 unspecified atom stereocenters. The average Bonchev–Trinajstić information content (AvgIpc) is 2.88. The van der Waals surface area contributed by atoms with E-state index in [-0.39, 0.29) is 30.0 Å². The third-order valence-corrected chi connectivity index (χ3v) is 5.74. The summed E-state index contributed by atoms with van der Waals surface area (Å²) in [5, 5.41) is 0. The van der Waals surface area contributed by atoms with Crippen molar-refractivity contribution in [1.82, 2.24) is 4.90 Å². The highest BCUT2D eigenvalue weighted by molar-refractivity contribution is 6.21. The van der Waals surface area contributed by atoms with Crippen LogP contribution in [0.4, 0.5) is 0 Å². The maximum absolute atomic E-state index is 13.0. The molecule has 0 spiro atoms. The van der Waals surface area contributed by atoms with Crippen molar-refractivity contribution in [2.45, 2.75) is 43.9 Å². The van der Waals surface area contributed by atoms with Gasteiger partial charge in [0.05, 0.1) is 5.57 Å². The monoisotopic (exact) mass is 401 g/mol. The fraction of sp³-hybridized carbons (Fsp3) is 0.348. The van der Waals surface area contributed by atoms with Gasteiger partial charge in [0.2, 0.25) is 0 Å². The predicted molar refractivity (Wildman–Crippen MR) is 115 cm³/mol. The number of halogens is 1. The average molecular weight is 402 g/mol. The molecule has 28 heavy (non-hydrogen) atoms. The smallest absolute Gasteiger partial charge is 0.339 e. The normalized spacial score (nSPS) is 24.0. The van der Waals surface area contributed by atoms with E-state index in [1.807, 2.05) is 66.7 Å². The molecule has 2 saturated heterocycles. The first kappa shape index (κ1) is 22.2. The fourth-order valence-corrected chi connectivity index (χ4v) is 4.27. The third kappa shape index (κ3) is 4.82. The van der Waals surface area contributed by atoms with Crippen LogP contribution < -0.4 is 0 Å². The van der Waals surface area contributed by atoms with Gasteiger partial charge in [-0.3, -0.25) is 0 Å². The van der Waals surface area contributed by atoms with Crippen LogP contribution in [0.15, 0.2) is 60.7 Å². The van der Waals surface area contributed by atoms with E-state index in [1.165, 1.54) is 12.8 Å². The number of carbonyl (C=O) groups is 1. The molecule has 4 rings (SSSR count). The van der Waals surface area contributed by atoms with Crippen molar-refractivity contribution in [3.8, 4) is 0 Å². The minimum Gasteiger partial charge on any atom is -0.459 e. The quantitative estimate of drug-likeness (QED) is 0.442. The Kier molecular flexibility index (Phi) is 7.81. The molecule has 0 amide bonds. The highest BCUT2D eigenvalue weighted by Gasteiger charge is 2.40. The van der Waals surface area contributed by atoms with Crippen LogP contribution in [0, 0.1) is 0 Å². The number of hydrogen-bond acceptors (Lipinski definition) is 3. The number of hydrogen-bond donors (Lipinski definition) is 0. The van der Waals surface area contributed by atoms with Gasteiger partial charge in [0.25, 0.3) is 0 Å². The second-order valence-electron chi connectivity index (χ2n) is 7.38. The maximum Gasteiger partial charge on any atom is 0.339 e. The first-order valence-electron chi connectivity index (χ1n) is 9.46. The zero-order chi connectivity index (χ0) is 17.9. The summed E-state index contributed by atoms with van der Waals surface area (Å²) in [5.41, 5.74) is 2.53. The van der Waals surface area contributed by atoms with Crippen molar-refractivity contribution in [2.24, 2.45) is 0 Å². The van der Waals surface area contributed by atoms with Gasteiger partial charge in [-0.15, -0.1) is 12.4 Å². The first-order valence-corrected chi connectivity index (χ1v) is 9.46. The number of carbonyl (C=O) groups excluding carboxylic acids is 1. The number of ether oxygens (including phenoxy) is 1. The van der Waals surface area contributed by atoms with Gasteiger partial charge >= 0.3 is 5.97 Å². The summed E-state index contributed by atoms with van der Waals surface area (Å²) in [4.78, 5) is 15.5. The van der Waals surface area contributed by atoms with E-state index in [1.54, 1.807) is 0 Å². The minimum absolute atomic E-state index is 0. The molecule has 2 aromatic carbocycles. The van der Waals surface area contributed by atoms with Crippen LogP contribution in [-0.2, 0) is 9.53 Å². The van der Waals surface area contributed by atoms with Crippen LogP contribution in [0.3, 0.4) is 0 Å². The lowest BCUT2D eigenvalue weighted by molar-refractivity contribution is -0.144. The molecule has 4 nitrogen and oxygen atoms in total. The van der Waals surface area contributed by atoms with Gasteiger partial charge in [-0.05, 0) is 37.1 Å². The Morgan fingerprint density at radius 2 is 1.50 bits per heavy atom. The molecule has 2 fully saturated rings. The molecule has 150 valence electrons. The molecule has 2 aliphatic heterocycles. The van der Waals surface area contributed by atoms with Crippen LogP contribution in [0.25, 0.3) is 11.6 Å². The van der Waals surface area contributed by atoms with E-state index < -0.39 is 0 Å². The van der Waals surface area contributed by atoms with Crippen molar-refractivity contribution in [3.05, 3.63) is 71.8 Å². The molecule has 0 aliphatic carbocycles. The topological polar surface area (TPSA) is 61.0 Å². The molecule has 0 aromatic heterocycles. The molecular weight excluding hydrogens is 374 g/mol. The Hall–Kier alpha value is -2.14. The summed E-state index contributed by atoms with van der Waals surface area (Å²) in [6, 6.07) is 20.9. The Morgan fingerprint density at radius 1 is 0.964 bits per heavy atom. The first-order chi connectivity index (χ1) is 12.7. The summed E-state index contributed by atoms with van der Waals surface area (Å²) < 4.78 is 5.98. The Labute approximate surface area is 172 Å². The Balaban J connectivity index is 0.00000140. The van der Waals surface area contributed by atoms with Crippen LogP contribution in [-0.4, -0.2) is 41.6 Å². The molecule has 3 atom stereocenters. The number of esters is 1. The summed E-state index contributed by atoms with van der Waals surface area (Å²) in [6.07, 6.45) is 6.31. The Bertz CT molecular complexity index is 780. The summed E-state index contributed by atoms with van der Waals surface area (Å²) in [5.74, 6) is -0.214. The summed E-state index contributed by atoms with van der Waals surface area (Å²) in [6.45, 7) is 0. The van der Waals surface area contributed by atoms with E-state index in [9.17, 15) is 4.79 Å². The zero-order valence-electron chi connectivity index (χ0n) is 16.1. The molecule has 5 heteroatoms. The molecule has 2 heterocycles. The van der Waals surface area contributed by atoms with E-state index in [2.05, 4.69) is 11.9 Å². The lowest BCUT2D eigenvalue weighted by Gasteiger charge is -2.35. The minimum atomic E-state index is -0.214. The number of nitrogens with zero attached hydrogens (tertiary/aromatic N) is 1. The lowest BCUT2D eigenvalue weighted by atomic mass is 9.99. The standard InChI is InChI=1S/C23H25NO2.ClH.H2O/c1-24-19-12-13-20(24)16-21(15-19)26-23(25)22(18-10-6-3-7-11-18)14-17-8-4-2-5-9-17;;/h2-11,14,19-21H,12-13,15-16H2,1H3;1H;1H2/b22-14+;;/t19-,20+,21?;;. The van der Waals surface area contributed by atoms with Gasteiger partial charge in [0.15, 0.2) is 0 Å². The van der Waals surface area contributed by atoms with Crippen LogP contribution in [0.5, 0.6) is 0 Å². The molecule has 2 aromatic rings. The third-order valence-electron chi connectivity index (χ3n) is 5.74. The van der Waals surface area contributed by atoms with Crippen molar-refractivity contribution in [3.63, 3.8) is 0 Å². The van der Waals surface area contributed by atoms with Crippen LogP contribution in [0.1, 0.15) is 36.8 Å². The molecule has 0 radical (unpaired) electrons. The Morgan fingerprint density at radius 3 is 2.07 bits per heavy atom. The van der Waals surface area contributed by atoms with Crippen LogP contribution in [0.2, 0.25) is 0 Å². The summed E-state index contributed by atoms with van der Waals surface area (Å²) in [7, 11) is 2.20. The number of rotatable bonds is 4. The molecule has 2 N–H and O–H groups in total. The van der Waals surface area contributed by atoms with E-state index in [0.717, 1.165) is 24.0 Å². The van der Waals surface area contributed by atoms with Crippen molar-refractivity contribution in [1.29, 1.82) is 0 Å². The largest absolute Gasteiger partial charge is 0.459 e. The second-order valence-corrected chi connectivity index (χ2v) is 7.38. The number of fused-ring (bicyclic) bond motifs is 2. The van der Waals surface area contributed by atoms with E-state index >= 15 is 0 Å². The molecular formula is C23H28ClNO3. The van der Waals surface area contributed by atoms with E-state index in [0.29, 0.717) is 17.7 Å². The maximum atomic E-state index is 13.0. The molecule has 2 aliphatic rings. The SMILES string of the molecule is CN1[C@@H]2CC[C@H]1CC(OC(=O)/C(=C/c1ccccc1)c1ccccc1)C2.Cl.O. The van der Waals surface area contributed by atoms with E-state index in [4.69, 9.17) is 4.74 Å². The van der Waals surface area contributed by atoms with Crippen molar-refractivity contribution >= 4 is 30.0 Å². The number of benzene rings is 2. The lowest BCUT2D eigenvalue weighted by Crippen LogP contribution is -2.43. The van der Waals surface area contributed by atoms with Gasteiger partial charge < -0.3 is 15.1 Å². The van der Waals surface area contributed by atoms with Crippen LogP contribution >= 0.6 is 12.4 Å². The van der Waals surface area contributed by atoms with Gasteiger partial charge in [-0.25, -0.2) is 4.79 Å². The zero-order valence-corrected chi connectivity index (χ0v) is 16.9. The number of piperidine rings is 1. The van der Waals surface area contributed by atoms with Gasteiger partial charge in [0, 0.05) is 24.9 Å². The van der Waals surface area contributed by atoms with Gasteiger partial charge in [0.1, 0.15) is 6.10 Å². The fourth-order valence-electron chi connectivity index (χ4n) is 4.27. The van der Waals surface area contributed by atoms with Gasteiger partial charge in [-0.2, -0.15) is 0 Å². The predicted octanol–water partition coefficient (Wildman–Crippen LogP) is 3.99. The summed E-state index contributed by atoms with van der Waals surface area (Å²) >= 11 is 0.